The van der Waals surface area contributed by atoms with Gasteiger partial charge in [-0.3, -0.25) is 9.59 Å². The Morgan fingerprint density at radius 1 is 1.28 bits per heavy atom. The van der Waals surface area contributed by atoms with Crippen molar-refractivity contribution >= 4 is 11.8 Å². The van der Waals surface area contributed by atoms with Crippen LogP contribution in [0.4, 0.5) is 0 Å². The first-order valence-corrected chi connectivity index (χ1v) is 9.31. The van der Waals surface area contributed by atoms with Crippen molar-refractivity contribution in [3.05, 3.63) is 23.7 Å². The van der Waals surface area contributed by atoms with Crippen molar-refractivity contribution in [1.82, 2.24) is 10.6 Å². The molecule has 1 aromatic rings. The minimum Gasteiger partial charge on any atom is -0.454 e. The van der Waals surface area contributed by atoms with Gasteiger partial charge in [0.25, 0.3) is 5.91 Å². The van der Waals surface area contributed by atoms with Crippen molar-refractivity contribution in [1.29, 1.82) is 0 Å². The van der Waals surface area contributed by atoms with Crippen LogP contribution in [0.25, 0.3) is 0 Å². The largest absolute Gasteiger partial charge is 0.454 e. The summed E-state index contributed by atoms with van der Waals surface area (Å²) in [6.45, 7) is 4.49. The summed E-state index contributed by atoms with van der Waals surface area (Å²) >= 11 is 0. The molecule has 2 N–H and O–H groups in total. The van der Waals surface area contributed by atoms with Gasteiger partial charge in [-0.1, -0.05) is 19.3 Å². The van der Waals surface area contributed by atoms with E-state index in [1.54, 1.807) is 12.1 Å². The third-order valence-electron chi connectivity index (χ3n) is 5.64. The van der Waals surface area contributed by atoms with E-state index in [4.69, 9.17) is 9.15 Å². The number of amides is 2. The predicted molar refractivity (Wildman–Crippen MR) is 93.0 cm³/mol. The van der Waals surface area contributed by atoms with E-state index in [-0.39, 0.29) is 29.4 Å². The maximum absolute atomic E-state index is 12.6. The summed E-state index contributed by atoms with van der Waals surface area (Å²) in [5.74, 6) is 0.566. The average Bonchev–Trinajstić information content (AvgIpc) is 3.09. The fourth-order valence-electron chi connectivity index (χ4n) is 4.30. The van der Waals surface area contributed by atoms with Crippen LogP contribution in [-0.2, 0) is 16.1 Å². The molecular formula is C19H28N2O4. The van der Waals surface area contributed by atoms with Gasteiger partial charge in [-0.05, 0) is 38.3 Å². The molecule has 3 rings (SSSR count). The molecule has 2 aliphatic rings. The van der Waals surface area contributed by atoms with Crippen LogP contribution < -0.4 is 10.6 Å². The lowest BCUT2D eigenvalue weighted by atomic mass is 9.55. The van der Waals surface area contributed by atoms with Crippen molar-refractivity contribution in [2.45, 2.75) is 71.1 Å². The van der Waals surface area contributed by atoms with Crippen molar-refractivity contribution in [2.24, 2.45) is 5.41 Å². The van der Waals surface area contributed by atoms with Crippen LogP contribution in [0.1, 0.15) is 68.7 Å². The highest BCUT2D eigenvalue weighted by molar-refractivity contribution is 5.91. The molecule has 1 aromatic heterocycles. The van der Waals surface area contributed by atoms with Crippen LogP contribution in [0.3, 0.4) is 0 Å². The molecule has 1 heterocycles. The number of nitrogens with one attached hydrogen (secondary N) is 2. The van der Waals surface area contributed by atoms with E-state index in [2.05, 4.69) is 10.6 Å². The Bertz CT molecular complexity index is 619. The molecular weight excluding hydrogens is 320 g/mol. The molecule has 6 heteroatoms. The quantitative estimate of drug-likeness (QED) is 0.828. The van der Waals surface area contributed by atoms with Crippen LogP contribution >= 0.6 is 0 Å². The standard InChI is InChI=1S/C19H28N2O4/c1-3-24-17-11-16(19(17)9-5-4-6-10-19)21-18(23)15-8-7-14(25-15)12-20-13(2)22/h7-8,16-17H,3-6,9-12H2,1-2H3,(H,20,22)(H,21,23)/t16-,17-/m1/s1. The monoisotopic (exact) mass is 348 g/mol. The lowest BCUT2D eigenvalue weighted by Crippen LogP contribution is -2.65. The molecule has 138 valence electrons. The second-order valence-corrected chi connectivity index (χ2v) is 7.18. The summed E-state index contributed by atoms with van der Waals surface area (Å²) in [4.78, 5) is 23.5. The van der Waals surface area contributed by atoms with Gasteiger partial charge in [0.05, 0.1) is 12.6 Å². The summed E-state index contributed by atoms with van der Waals surface area (Å²) in [5.41, 5.74) is 0.0928. The average molecular weight is 348 g/mol. The predicted octanol–water partition coefficient (Wildman–Crippen LogP) is 2.77. The molecule has 0 bridgehead atoms. The van der Waals surface area contributed by atoms with Crippen LogP contribution in [0, 0.1) is 5.41 Å². The second-order valence-electron chi connectivity index (χ2n) is 7.18. The lowest BCUT2D eigenvalue weighted by molar-refractivity contribution is -0.147. The van der Waals surface area contributed by atoms with E-state index in [0.29, 0.717) is 18.1 Å². The highest BCUT2D eigenvalue weighted by atomic mass is 16.5. The summed E-state index contributed by atoms with van der Waals surface area (Å²) in [5, 5.41) is 5.82. The Balaban J connectivity index is 1.61. The van der Waals surface area contributed by atoms with Gasteiger partial charge >= 0.3 is 0 Å². The van der Waals surface area contributed by atoms with Crippen molar-refractivity contribution in [2.75, 3.05) is 6.61 Å². The number of carbonyl (C=O) groups excluding carboxylic acids is 2. The number of ether oxygens (including phenoxy) is 1. The van der Waals surface area contributed by atoms with Gasteiger partial charge in [0.1, 0.15) is 5.76 Å². The Morgan fingerprint density at radius 2 is 2.04 bits per heavy atom. The summed E-state index contributed by atoms with van der Waals surface area (Å²) in [6, 6.07) is 3.55. The van der Waals surface area contributed by atoms with Gasteiger partial charge in [0.2, 0.25) is 5.91 Å². The normalized spacial score (nSPS) is 24.6. The van der Waals surface area contributed by atoms with E-state index < -0.39 is 0 Å². The van der Waals surface area contributed by atoms with Crippen molar-refractivity contribution in [3.8, 4) is 0 Å². The lowest BCUT2D eigenvalue weighted by Gasteiger charge is -2.57. The Labute approximate surface area is 148 Å². The SMILES string of the molecule is CCO[C@@H]1C[C@@H](NC(=O)c2ccc(CNC(C)=O)o2)C12CCCCC2. The molecule has 6 nitrogen and oxygen atoms in total. The molecule has 0 radical (unpaired) electrons. The first-order chi connectivity index (χ1) is 12.0. The van der Waals surface area contributed by atoms with Gasteiger partial charge in [-0.25, -0.2) is 0 Å². The first-order valence-electron chi connectivity index (χ1n) is 9.31. The Kier molecular flexibility index (Phi) is 5.47. The zero-order valence-electron chi connectivity index (χ0n) is 15.1. The highest BCUT2D eigenvalue weighted by Gasteiger charge is 2.56. The van der Waals surface area contributed by atoms with E-state index in [1.807, 2.05) is 6.92 Å². The summed E-state index contributed by atoms with van der Waals surface area (Å²) in [6.07, 6.45) is 7.05. The van der Waals surface area contributed by atoms with Crippen molar-refractivity contribution < 1.29 is 18.7 Å². The molecule has 25 heavy (non-hydrogen) atoms. The zero-order chi connectivity index (χ0) is 17.9. The zero-order valence-corrected chi connectivity index (χ0v) is 15.1. The molecule has 0 unspecified atom stereocenters. The highest BCUT2D eigenvalue weighted by Crippen LogP contribution is 2.53. The minimum absolute atomic E-state index is 0.0928. The van der Waals surface area contributed by atoms with Gasteiger partial charge in [0, 0.05) is 25.0 Å². The topological polar surface area (TPSA) is 80.6 Å². The fraction of sp³-hybridized carbons (Fsp3) is 0.684. The van der Waals surface area contributed by atoms with Gasteiger partial charge in [0.15, 0.2) is 5.76 Å². The first kappa shape index (κ1) is 18.0. The van der Waals surface area contributed by atoms with Gasteiger partial charge in [-0.2, -0.15) is 0 Å². The van der Waals surface area contributed by atoms with E-state index >= 15 is 0 Å². The maximum Gasteiger partial charge on any atom is 0.287 e. The Hall–Kier alpha value is -1.82. The maximum atomic E-state index is 12.6. The minimum atomic E-state index is -0.182. The number of rotatable bonds is 6. The van der Waals surface area contributed by atoms with E-state index in [0.717, 1.165) is 25.9 Å². The molecule has 2 atom stereocenters. The number of hydrogen-bond donors (Lipinski definition) is 2. The van der Waals surface area contributed by atoms with Crippen LogP contribution in [0.2, 0.25) is 0 Å². The van der Waals surface area contributed by atoms with E-state index in [9.17, 15) is 9.59 Å². The molecule has 0 saturated heterocycles. The number of hydrogen-bond acceptors (Lipinski definition) is 4. The summed E-state index contributed by atoms with van der Waals surface area (Å²) < 4.78 is 11.5. The third kappa shape index (κ3) is 3.73. The van der Waals surface area contributed by atoms with Crippen LogP contribution in [-0.4, -0.2) is 30.6 Å². The summed E-state index contributed by atoms with van der Waals surface area (Å²) in [7, 11) is 0. The smallest absolute Gasteiger partial charge is 0.287 e. The molecule has 1 spiro atoms. The van der Waals surface area contributed by atoms with Crippen LogP contribution in [0.15, 0.2) is 16.5 Å². The number of carbonyl (C=O) groups is 2. The van der Waals surface area contributed by atoms with Gasteiger partial charge < -0.3 is 19.8 Å². The molecule has 2 amide bonds. The molecule has 2 fully saturated rings. The molecule has 0 aliphatic heterocycles. The van der Waals surface area contributed by atoms with Gasteiger partial charge in [-0.15, -0.1) is 0 Å². The molecule has 2 saturated carbocycles. The van der Waals surface area contributed by atoms with Crippen molar-refractivity contribution in [3.63, 3.8) is 0 Å². The fourth-order valence-corrected chi connectivity index (χ4v) is 4.30. The Morgan fingerprint density at radius 3 is 2.72 bits per heavy atom. The second kappa shape index (κ2) is 7.60. The molecule has 0 aromatic carbocycles. The van der Waals surface area contributed by atoms with E-state index in [1.165, 1.54) is 26.2 Å². The number of furan rings is 1. The third-order valence-corrected chi connectivity index (χ3v) is 5.64. The van der Waals surface area contributed by atoms with Crippen LogP contribution in [0.5, 0.6) is 0 Å². The molecule has 2 aliphatic carbocycles.